The Morgan fingerprint density at radius 2 is 2.00 bits per heavy atom. The van der Waals surface area contributed by atoms with Gasteiger partial charge in [0.15, 0.2) is 0 Å². The van der Waals surface area contributed by atoms with E-state index < -0.39 is 0 Å². The van der Waals surface area contributed by atoms with Crippen LogP contribution in [0, 0.1) is 0 Å². The molecule has 1 aromatic rings. The minimum absolute atomic E-state index is 0.784. The topological polar surface area (TPSA) is 0 Å². The lowest BCUT2D eigenvalue weighted by Gasteiger charge is -2.02. The molecular formula is C13H17P. The van der Waals surface area contributed by atoms with Crippen LogP contribution < -0.4 is 5.30 Å². The van der Waals surface area contributed by atoms with E-state index in [4.69, 9.17) is 0 Å². The van der Waals surface area contributed by atoms with Gasteiger partial charge >= 0.3 is 0 Å². The second-order valence-corrected chi connectivity index (χ2v) is 4.46. The Hall–Kier alpha value is -0.870. The van der Waals surface area contributed by atoms with Crippen molar-refractivity contribution in [1.82, 2.24) is 0 Å². The molecule has 0 heterocycles. The van der Waals surface area contributed by atoms with Crippen molar-refractivity contribution in [2.24, 2.45) is 0 Å². The maximum atomic E-state index is 2.30. The molecule has 0 saturated heterocycles. The van der Waals surface area contributed by atoms with Gasteiger partial charge in [-0.3, -0.25) is 0 Å². The van der Waals surface area contributed by atoms with Crippen molar-refractivity contribution in [3.8, 4) is 0 Å². The zero-order valence-corrected chi connectivity index (χ0v) is 9.83. The van der Waals surface area contributed by atoms with E-state index in [-0.39, 0.29) is 0 Å². The van der Waals surface area contributed by atoms with Crippen LogP contribution in [0.3, 0.4) is 0 Å². The highest BCUT2D eigenvalue weighted by molar-refractivity contribution is 7.52. The molecule has 0 fully saturated rings. The predicted octanol–water partition coefficient (Wildman–Crippen LogP) is 3.86. The standard InChI is InChI=1S/C13H17P/c1-3-8-12(9-4-2)14-13-10-6-5-7-11-13/h3,5-11,14H,4H2,1-2H3/b8-3-,12-9+. The SMILES string of the molecule is C/C=C\C(=C/CC)Pc1ccccc1. The second kappa shape index (κ2) is 6.56. The number of allylic oxidation sites excluding steroid dienone is 4. The predicted molar refractivity (Wildman–Crippen MR) is 67.6 cm³/mol. The fourth-order valence-electron chi connectivity index (χ4n) is 1.25. The van der Waals surface area contributed by atoms with E-state index in [0.29, 0.717) is 0 Å². The van der Waals surface area contributed by atoms with E-state index >= 15 is 0 Å². The average Bonchev–Trinajstić information content (AvgIpc) is 2.20. The summed E-state index contributed by atoms with van der Waals surface area (Å²) in [6, 6.07) is 10.6. The molecule has 0 saturated carbocycles. The number of rotatable bonds is 4. The minimum Gasteiger partial charge on any atom is -0.0870 e. The summed E-state index contributed by atoms with van der Waals surface area (Å²) in [5.41, 5.74) is 0. The van der Waals surface area contributed by atoms with Crippen LogP contribution in [0.5, 0.6) is 0 Å². The van der Waals surface area contributed by atoms with Gasteiger partial charge in [0.05, 0.1) is 0 Å². The summed E-state index contributed by atoms with van der Waals surface area (Å²) >= 11 is 0. The van der Waals surface area contributed by atoms with Gasteiger partial charge in [0.25, 0.3) is 0 Å². The number of hydrogen-bond acceptors (Lipinski definition) is 0. The van der Waals surface area contributed by atoms with Crippen LogP contribution >= 0.6 is 8.58 Å². The van der Waals surface area contributed by atoms with Crippen molar-refractivity contribution < 1.29 is 0 Å². The second-order valence-electron chi connectivity index (χ2n) is 3.06. The third kappa shape index (κ3) is 3.89. The summed E-state index contributed by atoms with van der Waals surface area (Å²) in [6.45, 7) is 4.25. The smallest absolute Gasteiger partial charge is 0.0226 e. The van der Waals surface area contributed by atoms with Crippen LogP contribution in [0.25, 0.3) is 0 Å². The van der Waals surface area contributed by atoms with Gasteiger partial charge in [0.1, 0.15) is 0 Å². The first-order valence-electron chi connectivity index (χ1n) is 5.01. The molecule has 1 aromatic carbocycles. The molecule has 14 heavy (non-hydrogen) atoms. The molecule has 0 amide bonds. The van der Waals surface area contributed by atoms with Gasteiger partial charge in [-0.2, -0.15) is 0 Å². The van der Waals surface area contributed by atoms with Crippen molar-refractivity contribution >= 4 is 13.9 Å². The monoisotopic (exact) mass is 204 g/mol. The van der Waals surface area contributed by atoms with Crippen molar-refractivity contribution in [2.45, 2.75) is 20.3 Å². The maximum Gasteiger partial charge on any atom is -0.0226 e. The molecule has 0 spiro atoms. The highest BCUT2D eigenvalue weighted by Crippen LogP contribution is 2.24. The lowest BCUT2D eigenvalue weighted by Crippen LogP contribution is -1.91. The highest BCUT2D eigenvalue weighted by Gasteiger charge is 1.93. The fourth-order valence-corrected chi connectivity index (χ4v) is 2.50. The molecule has 0 aromatic heterocycles. The molecule has 0 N–H and O–H groups in total. The van der Waals surface area contributed by atoms with Gasteiger partial charge < -0.3 is 0 Å². The third-order valence-corrected chi connectivity index (χ3v) is 3.11. The summed E-state index contributed by atoms with van der Waals surface area (Å²) in [6.07, 6.45) is 7.72. The molecule has 0 aliphatic carbocycles. The molecule has 0 aliphatic rings. The first-order valence-corrected chi connectivity index (χ1v) is 6.01. The first-order chi connectivity index (χ1) is 6.86. The van der Waals surface area contributed by atoms with E-state index in [1.54, 1.807) is 0 Å². The van der Waals surface area contributed by atoms with Gasteiger partial charge in [-0.1, -0.05) is 64.1 Å². The van der Waals surface area contributed by atoms with E-state index in [2.05, 4.69) is 62.4 Å². The molecule has 1 rings (SSSR count). The first kappa shape index (κ1) is 11.2. The van der Waals surface area contributed by atoms with E-state index in [1.165, 1.54) is 10.6 Å². The fraction of sp³-hybridized carbons (Fsp3) is 0.231. The molecule has 0 nitrogen and oxygen atoms in total. The lowest BCUT2D eigenvalue weighted by atomic mass is 10.4. The Balaban J connectivity index is 2.70. The number of benzene rings is 1. The molecule has 74 valence electrons. The lowest BCUT2D eigenvalue weighted by molar-refractivity contribution is 1.22. The third-order valence-electron chi connectivity index (χ3n) is 1.83. The van der Waals surface area contributed by atoms with Gasteiger partial charge in [-0.25, -0.2) is 0 Å². The van der Waals surface area contributed by atoms with Crippen LogP contribution in [-0.2, 0) is 0 Å². The van der Waals surface area contributed by atoms with E-state index in [1.807, 2.05) is 0 Å². The van der Waals surface area contributed by atoms with E-state index in [0.717, 1.165) is 15.0 Å². The van der Waals surface area contributed by atoms with Crippen molar-refractivity contribution in [1.29, 1.82) is 0 Å². The summed E-state index contributed by atoms with van der Waals surface area (Å²) in [4.78, 5) is 0. The van der Waals surface area contributed by atoms with Crippen LogP contribution in [0.1, 0.15) is 20.3 Å². The molecule has 1 heteroatoms. The Morgan fingerprint density at radius 3 is 2.57 bits per heavy atom. The van der Waals surface area contributed by atoms with Crippen molar-refractivity contribution in [2.75, 3.05) is 0 Å². The molecule has 0 radical (unpaired) electrons. The van der Waals surface area contributed by atoms with Crippen LogP contribution in [0.2, 0.25) is 0 Å². The van der Waals surface area contributed by atoms with Gasteiger partial charge in [0, 0.05) is 0 Å². The summed E-state index contributed by atoms with van der Waals surface area (Å²) < 4.78 is 0. The summed E-state index contributed by atoms with van der Waals surface area (Å²) in [5.74, 6) is 0. The van der Waals surface area contributed by atoms with Crippen LogP contribution in [0.15, 0.2) is 53.9 Å². The quantitative estimate of drug-likeness (QED) is 0.516. The normalized spacial score (nSPS) is 13.1. The summed E-state index contributed by atoms with van der Waals surface area (Å²) in [7, 11) is 0.784. The van der Waals surface area contributed by atoms with Crippen LogP contribution in [0.4, 0.5) is 0 Å². The summed E-state index contributed by atoms with van der Waals surface area (Å²) in [5, 5.41) is 2.84. The number of hydrogen-bond donors (Lipinski definition) is 0. The largest absolute Gasteiger partial charge is 0.0870 e. The van der Waals surface area contributed by atoms with Crippen molar-refractivity contribution in [3.63, 3.8) is 0 Å². The Kier molecular flexibility index (Phi) is 5.25. The van der Waals surface area contributed by atoms with Crippen molar-refractivity contribution in [3.05, 3.63) is 53.9 Å². The molecule has 0 aliphatic heterocycles. The Labute approximate surface area is 88.5 Å². The average molecular weight is 204 g/mol. The van der Waals surface area contributed by atoms with E-state index in [9.17, 15) is 0 Å². The van der Waals surface area contributed by atoms with Gasteiger partial charge in [-0.05, 0) is 24.0 Å². The van der Waals surface area contributed by atoms with Gasteiger partial charge in [0.2, 0.25) is 0 Å². The van der Waals surface area contributed by atoms with Crippen LogP contribution in [-0.4, -0.2) is 0 Å². The van der Waals surface area contributed by atoms with Gasteiger partial charge in [-0.15, -0.1) is 0 Å². The maximum absolute atomic E-state index is 2.30. The minimum atomic E-state index is 0.784. The molecule has 0 bridgehead atoms. The highest BCUT2D eigenvalue weighted by atomic mass is 31.1. The molecule has 1 unspecified atom stereocenters. The zero-order valence-electron chi connectivity index (χ0n) is 8.83. The Morgan fingerprint density at radius 1 is 1.29 bits per heavy atom. The molecular weight excluding hydrogens is 187 g/mol. The Bertz CT molecular complexity index is 309. The molecule has 1 atom stereocenters. The zero-order chi connectivity index (χ0) is 10.2.